The number of hydrogen-bond donors (Lipinski definition) is 1. The number of para-hydroxylation sites is 1. The third-order valence-corrected chi connectivity index (χ3v) is 1.84. The number of nitrogens with zero attached hydrogens (tertiary/aromatic N) is 1. The Hall–Kier alpha value is -0.666. The fourth-order valence-electron chi connectivity index (χ4n) is 1.15. The Labute approximate surface area is 128 Å². The van der Waals surface area contributed by atoms with Gasteiger partial charge in [0.25, 0.3) is 0 Å². The first kappa shape index (κ1) is 18.7. The van der Waals surface area contributed by atoms with E-state index in [1.807, 2.05) is 54.6 Å². The summed E-state index contributed by atoms with van der Waals surface area (Å²) < 4.78 is 0. The number of rotatable bonds is 0. The van der Waals surface area contributed by atoms with Gasteiger partial charge in [0.2, 0.25) is 0 Å². The first-order chi connectivity index (χ1) is 6.97. The molecule has 1 heterocycles. The Kier molecular flexibility index (Phi) is 11.5. The smallest absolute Gasteiger partial charge is 1.00 e. The van der Waals surface area contributed by atoms with Crippen LogP contribution in [0.1, 0.15) is 0 Å². The number of aromatic nitrogens is 2. The van der Waals surface area contributed by atoms with Crippen molar-refractivity contribution in [3.8, 4) is 0 Å². The Balaban J connectivity index is 0. The van der Waals surface area contributed by atoms with Gasteiger partial charge in [-0.05, 0) is 11.7 Å². The van der Waals surface area contributed by atoms with E-state index < -0.39 is 0 Å². The van der Waals surface area contributed by atoms with E-state index in [1.165, 1.54) is 0 Å². The van der Waals surface area contributed by atoms with Crippen molar-refractivity contribution in [2.75, 3.05) is 0 Å². The summed E-state index contributed by atoms with van der Waals surface area (Å²) in [6, 6.07) is 17.9. The van der Waals surface area contributed by atoms with Crippen molar-refractivity contribution >= 4 is 10.9 Å². The second-order valence-electron chi connectivity index (χ2n) is 2.84. The number of nitrogens with one attached hydrogen (secondary N) is 1. The number of benzene rings is 1. The van der Waals surface area contributed by atoms with Crippen molar-refractivity contribution in [1.29, 1.82) is 0 Å². The van der Waals surface area contributed by atoms with E-state index in [-0.39, 0.29) is 46.5 Å². The van der Waals surface area contributed by atoms with E-state index in [4.69, 9.17) is 0 Å². The molecule has 17 heavy (non-hydrogen) atoms. The van der Waals surface area contributed by atoms with Gasteiger partial charge in [-0.1, -0.05) is 12.1 Å². The summed E-state index contributed by atoms with van der Waals surface area (Å²) in [5, 5.41) is 7.60. The van der Waals surface area contributed by atoms with Crippen LogP contribution < -0.4 is 24.8 Å². The molecule has 1 aromatic heterocycles. The molecule has 3 aromatic rings. The quantitative estimate of drug-likeness (QED) is 0.343. The van der Waals surface area contributed by atoms with Gasteiger partial charge in [-0.25, -0.2) is 12.1 Å². The fourth-order valence-corrected chi connectivity index (χ4v) is 1.15. The molecule has 0 bridgehead atoms. The normalized spacial score (nSPS) is 7.76. The van der Waals surface area contributed by atoms with Crippen LogP contribution in [0.25, 0.3) is 10.9 Å². The second-order valence-corrected chi connectivity index (χ2v) is 2.84. The Morgan fingerprint density at radius 3 is 2.18 bits per heavy atom. The van der Waals surface area contributed by atoms with E-state index in [9.17, 15) is 0 Å². The number of aromatic amines is 1. The van der Waals surface area contributed by atoms with E-state index >= 15 is 0 Å². The maximum Gasteiger partial charge on any atom is 4.00 e. The monoisotopic (exact) mass is 300 g/mol. The van der Waals surface area contributed by atoms with Crippen LogP contribution in [0.2, 0.25) is 0 Å². The van der Waals surface area contributed by atoms with Crippen molar-refractivity contribution in [2.24, 2.45) is 0 Å². The minimum absolute atomic E-state index is 0. The molecule has 5 heteroatoms. The molecule has 1 N–H and O–H groups in total. The standard InChI is InChI=1S/C7H5N2.C5H5.2ClH.Ti/c1-2-4-7-6(3-1)5-8-9-7;1-2-4-5-3-1;;;/h1-4H,(H,8,9);1-5H;2*1H;/q2*-1;;;+4/p-2. The summed E-state index contributed by atoms with van der Waals surface area (Å²) in [5.41, 5.74) is 1.04. The average molecular weight is 301 g/mol. The first-order valence-electron chi connectivity index (χ1n) is 4.44. The number of halogens is 2. The topological polar surface area (TPSA) is 28.7 Å². The Morgan fingerprint density at radius 2 is 1.65 bits per heavy atom. The summed E-state index contributed by atoms with van der Waals surface area (Å²) in [6.45, 7) is 0. The minimum Gasteiger partial charge on any atom is -1.00 e. The van der Waals surface area contributed by atoms with Gasteiger partial charge in [0.15, 0.2) is 0 Å². The average Bonchev–Trinajstić information content (AvgIpc) is 2.92. The maximum atomic E-state index is 3.75. The van der Waals surface area contributed by atoms with E-state index in [2.05, 4.69) is 16.4 Å². The predicted octanol–water partition coefficient (Wildman–Crippen LogP) is -3.23. The van der Waals surface area contributed by atoms with Crippen molar-refractivity contribution < 1.29 is 46.5 Å². The summed E-state index contributed by atoms with van der Waals surface area (Å²) in [7, 11) is 0. The second kappa shape index (κ2) is 10.5. The maximum absolute atomic E-state index is 3.75. The molecule has 0 amide bonds. The van der Waals surface area contributed by atoms with Crippen LogP contribution in [0.4, 0.5) is 0 Å². The van der Waals surface area contributed by atoms with Gasteiger partial charge >= 0.3 is 21.7 Å². The third kappa shape index (κ3) is 5.99. The molecule has 0 fully saturated rings. The van der Waals surface area contributed by atoms with Gasteiger partial charge in [0, 0.05) is 0 Å². The predicted molar refractivity (Wildman–Crippen MR) is 57.0 cm³/mol. The molecular weight excluding hydrogens is 291 g/mol. The van der Waals surface area contributed by atoms with Crippen molar-refractivity contribution in [3.63, 3.8) is 0 Å². The number of H-pyrrole nitrogens is 1. The van der Waals surface area contributed by atoms with Gasteiger partial charge < -0.3 is 29.9 Å². The summed E-state index contributed by atoms with van der Waals surface area (Å²) in [5.74, 6) is 0. The van der Waals surface area contributed by atoms with Crippen LogP contribution >= 0.6 is 0 Å². The van der Waals surface area contributed by atoms with Gasteiger partial charge in [-0.2, -0.15) is 24.3 Å². The summed E-state index contributed by atoms with van der Waals surface area (Å²) >= 11 is 0. The molecule has 0 unspecified atom stereocenters. The summed E-state index contributed by atoms with van der Waals surface area (Å²) in [6.07, 6.45) is 2.81. The number of hydrogen-bond acceptors (Lipinski definition) is 1. The van der Waals surface area contributed by atoms with E-state index in [0.29, 0.717) is 0 Å². The van der Waals surface area contributed by atoms with Crippen LogP contribution in [0.15, 0.2) is 54.6 Å². The third-order valence-electron chi connectivity index (χ3n) is 1.84. The zero-order valence-corrected chi connectivity index (χ0v) is 12.0. The van der Waals surface area contributed by atoms with Crippen LogP contribution in [0.5, 0.6) is 0 Å². The minimum atomic E-state index is 0. The van der Waals surface area contributed by atoms with Crippen LogP contribution in [0, 0.1) is 6.20 Å². The fraction of sp³-hybridized carbons (Fsp3) is 0. The molecule has 0 atom stereocenters. The molecule has 0 radical (unpaired) electrons. The largest absolute Gasteiger partial charge is 4.00 e. The molecular formula is C12H10Cl2N2Ti. The molecule has 0 aliphatic rings. The zero-order chi connectivity index (χ0) is 9.64. The van der Waals surface area contributed by atoms with Gasteiger partial charge in [0.1, 0.15) is 0 Å². The Bertz CT molecular complexity index is 432. The summed E-state index contributed by atoms with van der Waals surface area (Å²) in [4.78, 5) is 0. The molecule has 3 rings (SSSR count). The van der Waals surface area contributed by atoms with Gasteiger partial charge in [0.05, 0.1) is 0 Å². The molecule has 0 aliphatic carbocycles. The van der Waals surface area contributed by atoms with Crippen LogP contribution in [-0.4, -0.2) is 10.2 Å². The Morgan fingerprint density at radius 1 is 1.00 bits per heavy atom. The molecule has 0 saturated carbocycles. The SMILES string of the molecule is [Cl-].[Cl-].[Ti+4].[c-]1n[nH]c2ccccc12.c1cc[cH-]c1. The molecule has 86 valence electrons. The van der Waals surface area contributed by atoms with Crippen molar-refractivity contribution in [3.05, 3.63) is 60.8 Å². The van der Waals surface area contributed by atoms with Crippen molar-refractivity contribution in [2.45, 2.75) is 0 Å². The van der Waals surface area contributed by atoms with Gasteiger partial charge in [-0.3, -0.25) is 5.10 Å². The molecule has 2 aromatic carbocycles. The van der Waals surface area contributed by atoms with E-state index in [1.54, 1.807) is 0 Å². The molecule has 2 nitrogen and oxygen atoms in total. The van der Waals surface area contributed by atoms with Crippen molar-refractivity contribution in [1.82, 2.24) is 10.2 Å². The van der Waals surface area contributed by atoms with Gasteiger partial charge in [-0.15, -0.1) is 11.5 Å². The van der Waals surface area contributed by atoms with Crippen LogP contribution in [-0.2, 0) is 21.7 Å². The molecule has 0 spiro atoms. The molecule has 0 aliphatic heterocycles. The van der Waals surface area contributed by atoms with E-state index in [0.717, 1.165) is 10.9 Å². The molecule has 0 saturated heterocycles. The van der Waals surface area contributed by atoms with Crippen LogP contribution in [0.3, 0.4) is 0 Å². The zero-order valence-electron chi connectivity index (χ0n) is 8.90. The number of fused-ring (bicyclic) bond motifs is 1. The first-order valence-corrected chi connectivity index (χ1v) is 4.44.